The van der Waals surface area contributed by atoms with Crippen molar-refractivity contribution >= 4 is 29.6 Å². The number of hydrogen-bond acceptors (Lipinski definition) is 3. The second-order valence-corrected chi connectivity index (χ2v) is 7.11. The van der Waals surface area contributed by atoms with E-state index in [1.807, 2.05) is 60.8 Å². The maximum absolute atomic E-state index is 11.8. The molecule has 0 spiro atoms. The molecule has 0 unspecified atom stereocenters. The maximum Gasteiger partial charge on any atom is 0.315 e. The van der Waals surface area contributed by atoms with Gasteiger partial charge in [-0.1, -0.05) is 30.3 Å². The van der Waals surface area contributed by atoms with E-state index in [1.165, 1.54) is 11.5 Å². The van der Waals surface area contributed by atoms with Gasteiger partial charge in [0.1, 0.15) is 0 Å². The SMILES string of the molecule is C[C@H](NC(=O)NC[C@@H]1CSCCS1)c1ccccc1. The first kappa shape index (κ1) is 14.6. The van der Waals surface area contributed by atoms with Gasteiger partial charge in [-0.3, -0.25) is 0 Å². The number of amides is 2. The first-order chi connectivity index (χ1) is 9.25. The van der Waals surface area contributed by atoms with Crippen LogP contribution in [0.4, 0.5) is 4.79 Å². The van der Waals surface area contributed by atoms with Crippen LogP contribution in [0.5, 0.6) is 0 Å². The minimum atomic E-state index is -0.0764. The van der Waals surface area contributed by atoms with Gasteiger partial charge in [-0.15, -0.1) is 0 Å². The van der Waals surface area contributed by atoms with Gasteiger partial charge >= 0.3 is 6.03 Å². The number of carbonyl (C=O) groups is 1. The lowest BCUT2D eigenvalue weighted by molar-refractivity contribution is 0.238. The Bertz CT molecular complexity index is 394. The summed E-state index contributed by atoms with van der Waals surface area (Å²) in [6.45, 7) is 2.76. The van der Waals surface area contributed by atoms with E-state index in [0.717, 1.165) is 17.9 Å². The molecule has 5 heteroatoms. The molecule has 2 rings (SSSR count). The van der Waals surface area contributed by atoms with Crippen molar-refractivity contribution in [3.8, 4) is 0 Å². The van der Waals surface area contributed by atoms with Gasteiger partial charge in [0, 0.05) is 29.1 Å². The summed E-state index contributed by atoms with van der Waals surface area (Å²) < 4.78 is 0. The lowest BCUT2D eigenvalue weighted by Crippen LogP contribution is -2.41. The summed E-state index contributed by atoms with van der Waals surface area (Å²) in [7, 11) is 0. The number of carbonyl (C=O) groups excluding carboxylic acids is 1. The van der Waals surface area contributed by atoms with Crippen molar-refractivity contribution in [2.24, 2.45) is 0 Å². The van der Waals surface area contributed by atoms with Crippen molar-refractivity contribution in [1.82, 2.24) is 10.6 Å². The number of nitrogens with one attached hydrogen (secondary N) is 2. The summed E-state index contributed by atoms with van der Waals surface area (Å²) in [5, 5.41) is 6.49. The second kappa shape index (κ2) is 7.70. The normalized spacial score (nSPS) is 20.6. The highest BCUT2D eigenvalue weighted by molar-refractivity contribution is 8.06. The first-order valence-corrected chi connectivity index (χ1v) is 8.74. The average molecular weight is 296 g/mol. The smallest absolute Gasteiger partial charge is 0.315 e. The molecule has 3 nitrogen and oxygen atoms in total. The fourth-order valence-electron chi connectivity index (χ4n) is 1.93. The van der Waals surface area contributed by atoms with Crippen LogP contribution in [-0.2, 0) is 0 Å². The number of thioether (sulfide) groups is 2. The fraction of sp³-hybridized carbons (Fsp3) is 0.500. The third-order valence-corrected chi connectivity index (χ3v) is 5.87. The topological polar surface area (TPSA) is 41.1 Å². The molecule has 1 fully saturated rings. The van der Waals surface area contributed by atoms with Gasteiger partial charge < -0.3 is 10.6 Å². The lowest BCUT2D eigenvalue weighted by atomic mass is 10.1. The van der Waals surface area contributed by atoms with E-state index < -0.39 is 0 Å². The van der Waals surface area contributed by atoms with E-state index >= 15 is 0 Å². The highest BCUT2D eigenvalue weighted by atomic mass is 32.2. The van der Waals surface area contributed by atoms with Crippen LogP contribution in [0.1, 0.15) is 18.5 Å². The summed E-state index contributed by atoms with van der Waals surface area (Å²) in [6.07, 6.45) is 0. The van der Waals surface area contributed by atoms with Crippen molar-refractivity contribution in [2.75, 3.05) is 23.8 Å². The summed E-state index contributed by atoms with van der Waals surface area (Å²) in [5.74, 6) is 3.57. The van der Waals surface area contributed by atoms with Gasteiger partial charge in [0.05, 0.1) is 6.04 Å². The first-order valence-electron chi connectivity index (χ1n) is 6.54. The zero-order valence-electron chi connectivity index (χ0n) is 11.1. The van der Waals surface area contributed by atoms with E-state index in [2.05, 4.69) is 10.6 Å². The van der Waals surface area contributed by atoms with Crippen LogP contribution in [0, 0.1) is 0 Å². The van der Waals surface area contributed by atoms with E-state index in [-0.39, 0.29) is 12.1 Å². The molecule has 104 valence electrons. The molecule has 2 atom stereocenters. The Hall–Kier alpha value is -0.810. The van der Waals surface area contributed by atoms with Gasteiger partial charge in [-0.2, -0.15) is 23.5 Å². The molecule has 1 aliphatic rings. The molecule has 2 amide bonds. The largest absolute Gasteiger partial charge is 0.337 e. The van der Waals surface area contributed by atoms with Crippen molar-refractivity contribution < 1.29 is 4.79 Å². The Balaban J connectivity index is 1.71. The zero-order valence-corrected chi connectivity index (χ0v) is 12.7. The van der Waals surface area contributed by atoms with Crippen molar-refractivity contribution in [1.29, 1.82) is 0 Å². The predicted molar refractivity (Wildman–Crippen MR) is 85.0 cm³/mol. The predicted octanol–water partition coefficient (Wildman–Crippen LogP) is 2.90. The van der Waals surface area contributed by atoms with E-state index in [4.69, 9.17) is 0 Å². The van der Waals surface area contributed by atoms with E-state index in [1.54, 1.807) is 0 Å². The van der Waals surface area contributed by atoms with Crippen LogP contribution in [-0.4, -0.2) is 35.1 Å². The highest BCUT2D eigenvalue weighted by Gasteiger charge is 2.15. The Morgan fingerprint density at radius 2 is 2.16 bits per heavy atom. The molecule has 0 aliphatic carbocycles. The Kier molecular flexibility index (Phi) is 5.92. The van der Waals surface area contributed by atoms with Crippen molar-refractivity contribution in [3.05, 3.63) is 35.9 Å². The number of benzene rings is 1. The van der Waals surface area contributed by atoms with E-state index in [0.29, 0.717) is 5.25 Å². The van der Waals surface area contributed by atoms with Crippen molar-refractivity contribution in [2.45, 2.75) is 18.2 Å². The third kappa shape index (κ3) is 4.99. The molecule has 1 saturated heterocycles. The van der Waals surface area contributed by atoms with Crippen LogP contribution in [0.15, 0.2) is 30.3 Å². The molecule has 0 bridgehead atoms. The number of urea groups is 1. The minimum absolute atomic E-state index is 0.0367. The molecule has 0 aromatic heterocycles. The standard InChI is InChI=1S/C14H20N2OS2/c1-11(12-5-3-2-4-6-12)16-14(17)15-9-13-10-18-7-8-19-13/h2-6,11,13H,7-10H2,1H3,(H2,15,16,17)/t11-,13+/m0/s1. The quantitative estimate of drug-likeness (QED) is 0.897. The summed E-state index contributed by atoms with van der Waals surface area (Å²) in [6, 6.07) is 9.97. The van der Waals surface area contributed by atoms with Gasteiger partial charge in [-0.25, -0.2) is 4.79 Å². The molecule has 0 saturated carbocycles. The van der Waals surface area contributed by atoms with E-state index in [9.17, 15) is 4.79 Å². The zero-order chi connectivity index (χ0) is 13.5. The van der Waals surface area contributed by atoms with Gasteiger partial charge in [0.15, 0.2) is 0 Å². The Morgan fingerprint density at radius 3 is 2.84 bits per heavy atom. The van der Waals surface area contributed by atoms with Crippen LogP contribution >= 0.6 is 23.5 Å². The number of hydrogen-bond donors (Lipinski definition) is 2. The molecule has 1 aromatic carbocycles. The molecule has 1 aliphatic heterocycles. The van der Waals surface area contributed by atoms with Gasteiger partial charge in [0.2, 0.25) is 0 Å². The second-order valence-electron chi connectivity index (χ2n) is 4.55. The summed E-state index contributed by atoms with van der Waals surface area (Å²) in [4.78, 5) is 11.8. The van der Waals surface area contributed by atoms with Crippen LogP contribution in [0.25, 0.3) is 0 Å². The van der Waals surface area contributed by atoms with Crippen LogP contribution in [0.3, 0.4) is 0 Å². The van der Waals surface area contributed by atoms with Gasteiger partial charge in [0.25, 0.3) is 0 Å². The molecular weight excluding hydrogens is 276 g/mol. The fourth-order valence-corrected chi connectivity index (χ4v) is 4.55. The van der Waals surface area contributed by atoms with Crippen LogP contribution in [0.2, 0.25) is 0 Å². The molecule has 0 radical (unpaired) electrons. The Labute approximate surface area is 123 Å². The maximum atomic E-state index is 11.8. The minimum Gasteiger partial charge on any atom is -0.337 e. The summed E-state index contributed by atoms with van der Waals surface area (Å²) >= 11 is 3.93. The molecule has 19 heavy (non-hydrogen) atoms. The third-order valence-electron chi connectivity index (χ3n) is 3.02. The molecule has 1 heterocycles. The highest BCUT2D eigenvalue weighted by Crippen LogP contribution is 2.23. The molecular formula is C14H20N2OS2. The molecule has 2 N–H and O–H groups in total. The average Bonchev–Trinajstić information content (AvgIpc) is 2.47. The Morgan fingerprint density at radius 1 is 1.37 bits per heavy atom. The van der Waals surface area contributed by atoms with Gasteiger partial charge in [-0.05, 0) is 12.5 Å². The monoisotopic (exact) mass is 296 g/mol. The molecule has 1 aromatic rings. The van der Waals surface area contributed by atoms with Crippen molar-refractivity contribution in [3.63, 3.8) is 0 Å². The number of rotatable bonds is 4. The van der Waals surface area contributed by atoms with Crippen LogP contribution < -0.4 is 10.6 Å². The lowest BCUT2D eigenvalue weighted by Gasteiger charge is -2.22. The summed E-state index contributed by atoms with van der Waals surface area (Å²) in [5.41, 5.74) is 1.13.